The topological polar surface area (TPSA) is 52.6 Å². The lowest BCUT2D eigenvalue weighted by atomic mass is 9.76. The molecular formula is C19H18O4. The zero-order chi connectivity index (χ0) is 16.4. The van der Waals surface area contributed by atoms with Crippen molar-refractivity contribution in [2.75, 3.05) is 6.61 Å². The van der Waals surface area contributed by atoms with Gasteiger partial charge in [0.05, 0.1) is 12.2 Å². The highest BCUT2D eigenvalue weighted by Crippen LogP contribution is 2.47. The van der Waals surface area contributed by atoms with Crippen LogP contribution in [0.15, 0.2) is 54.6 Å². The van der Waals surface area contributed by atoms with Crippen molar-refractivity contribution in [1.82, 2.24) is 0 Å². The Labute approximate surface area is 135 Å². The number of ether oxygens (including phenoxy) is 2. The van der Waals surface area contributed by atoms with E-state index in [0.717, 1.165) is 5.56 Å². The van der Waals surface area contributed by atoms with Gasteiger partial charge in [-0.05, 0) is 19.9 Å². The van der Waals surface area contributed by atoms with Crippen LogP contribution in [0.3, 0.4) is 0 Å². The molecule has 3 rings (SSSR count). The van der Waals surface area contributed by atoms with Gasteiger partial charge in [0.25, 0.3) is 0 Å². The summed E-state index contributed by atoms with van der Waals surface area (Å²) in [6, 6.07) is 16.5. The van der Waals surface area contributed by atoms with E-state index in [1.807, 2.05) is 42.5 Å². The monoisotopic (exact) mass is 310 g/mol. The number of hydrogen-bond donors (Lipinski definition) is 0. The van der Waals surface area contributed by atoms with E-state index < -0.39 is 17.5 Å². The standard InChI is InChI=1S/C19H18O4/c1-3-22-17(20)13(2)19(14-9-5-4-6-10-14)16-12-8-7-11-15(16)18(21)23-19/h4-13H,3H2,1-2H3. The summed E-state index contributed by atoms with van der Waals surface area (Å²) < 4.78 is 11.0. The molecule has 1 aliphatic rings. The van der Waals surface area contributed by atoms with E-state index in [0.29, 0.717) is 11.1 Å². The first-order valence-corrected chi connectivity index (χ1v) is 7.66. The van der Waals surface area contributed by atoms with Crippen LogP contribution in [0, 0.1) is 5.92 Å². The number of hydrogen-bond acceptors (Lipinski definition) is 4. The lowest BCUT2D eigenvalue weighted by molar-refractivity contribution is -0.154. The average Bonchev–Trinajstić information content (AvgIpc) is 2.89. The summed E-state index contributed by atoms with van der Waals surface area (Å²) in [5.41, 5.74) is 0.810. The Morgan fingerprint density at radius 2 is 1.78 bits per heavy atom. The fraction of sp³-hybridized carbons (Fsp3) is 0.263. The van der Waals surface area contributed by atoms with E-state index >= 15 is 0 Å². The highest BCUT2D eigenvalue weighted by Gasteiger charge is 2.53. The zero-order valence-corrected chi connectivity index (χ0v) is 13.1. The molecular weight excluding hydrogens is 292 g/mol. The van der Waals surface area contributed by atoms with Crippen molar-refractivity contribution in [1.29, 1.82) is 0 Å². The third kappa shape index (κ3) is 2.31. The quantitative estimate of drug-likeness (QED) is 0.813. The van der Waals surface area contributed by atoms with Gasteiger partial charge in [0.15, 0.2) is 5.60 Å². The number of benzene rings is 2. The molecule has 0 spiro atoms. The van der Waals surface area contributed by atoms with E-state index in [1.54, 1.807) is 26.0 Å². The number of cyclic esters (lactones) is 1. The molecule has 0 saturated carbocycles. The predicted molar refractivity (Wildman–Crippen MR) is 84.9 cm³/mol. The van der Waals surface area contributed by atoms with E-state index in [9.17, 15) is 9.59 Å². The van der Waals surface area contributed by atoms with Crippen LogP contribution in [0.25, 0.3) is 0 Å². The van der Waals surface area contributed by atoms with Gasteiger partial charge in [-0.1, -0.05) is 48.5 Å². The molecule has 1 aliphatic heterocycles. The highest BCUT2D eigenvalue weighted by molar-refractivity contribution is 5.96. The largest absolute Gasteiger partial charge is 0.466 e. The van der Waals surface area contributed by atoms with Crippen LogP contribution in [0.2, 0.25) is 0 Å². The van der Waals surface area contributed by atoms with Crippen LogP contribution < -0.4 is 0 Å². The molecule has 0 saturated heterocycles. The van der Waals surface area contributed by atoms with Crippen molar-refractivity contribution in [3.05, 3.63) is 71.3 Å². The number of esters is 2. The molecule has 4 nitrogen and oxygen atoms in total. The van der Waals surface area contributed by atoms with Crippen molar-refractivity contribution < 1.29 is 19.1 Å². The summed E-state index contributed by atoms with van der Waals surface area (Å²) in [5, 5.41) is 0. The van der Waals surface area contributed by atoms with Crippen molar-refractivity contribution in [2.24, 2.45) is 5.92 Å². The molecule has 0 N–H and O–H groups in total. The highest BCUT2D eigenvalue weighted by atomic mass is 16.6. The Kier molecular flexibility index (Phi) is 3.90. The smallest absolute Gasteiger partial charge is 0.339 e. The summed E-state index contributed by atoms with van der Waals surface area (Å²) in [6.45, 7) is 3.78. The second-order valence-corrected chi connectivity index (χ2v) is 5.51. The molecule has 1 heterocycles. The Bertz CT molecular complexity index is 738. The van der Waals surface area contributed by atoms with Gasteiger partial charge >= 0.3 is 11.9 Å². The molecule has 118 valence electrons. The van der Waals surface area contributed by atoms with Gasteiger partial charge in [0, 0.05) is 11.1 Å². The summed E-state index contributed by atoms with van der Waals surface area (Å²) in [4.78, 5) is 24.8. The summed E-state index contributed by atoms with van der Waals surface area (Å²) in [6.07, 6.45) is 0. The fourth-order valence-electron chi connectivity index (χ4n) is 3.15. The molecule has 2 aromatic rings. The molecule has 0 radical (unpaired) electrons. The van der Waals surface area contributed by atoms with Gasteiger partial charge in [0.1, 0.15) is 5.92 Å². The number of carbonyl (C=O) groups excluding carboxylic acids is 2. The first-order chi connectivity index (χ1) is 11.1. The molecule has 0 amide bonds. The third-order valence-electron chi connectivity index (χ3n) is 4.25. The van der Waals surface area contributed by atoms with Crippen LogP contribution >= 0.6 is 0 Å². The Balaban J connectivity index is 2.21. The molecule has 2 atom stereocenters. The lowest BCUT2D eigenvalue weighted by Crippen LogP contribution is -2.40. The predicted octanol–water partition coefficient (Wildman–Crippen LogP) is 3.30. The molecule has 0 aromatic heterocycles. The molecule has 23 heavy (non-hydrogen) atoms. The first-order valence-electron chi connectivity index (χ1n) is 7.66. The van der Waals surface area contributed by atoms with Gasteiger partial charge in [-0.25, -0.2) is 4.79 Å². The lowest BCUT2D eigenvalue weighted by Gasteiger charge is -2.34. The van der Waals surface area contributed by atoms with Gasteiger partial charge in [-0.2, -0.15) is 0 Å². The molecule has 2 aromatic carbocycles. The number of rotatable bonds is 4. The summed E-state index contributed by atoms with van der Waals surface area (Å²) in [7, 11) is 0. The molecule has 0 bridgehead atoms. The Hall–Kier alpha value is -2.62. The minimum Gasteiger partial charge on any atom is -0.466 e. The minimum absolute atomic E-state index is 0.281. The Morgan fingerprint density at radius 1 is 1.13 bits per heavy atom. The van der Waals surface area contributed by atoms with Crippen LogP contribution in [0.1, 0.15) is 35.3 Å². The molecule has 0 fully saturated rings. The van der Waals surface area contributed by atoms with E-state index in [4.69, 9.17) is 9.47 Å². The SMILES string of the molecule is CCOC(=O)C(C)C1(c2ccccc2)OC(=O)c2ccccc21. The summed E-state index contributed by atoms with van der Waals surface area (Å²) >= 11 is 0. The van der Waals surface area contributed by atoms with Crippen LogP contribution in [-0.2, 0) is 19.9 Å². The fourth-order valence-corrected chi connectivity index (χ4v) is 3.15. The Morgan fingerprint density at radius 3 is 2.48 bits per heavy atom. The zero-order valence-electron chi connectivity index (χ0n) is 13.1. The van der Waals surface area contributed by atoms with Crippen molar-refractivity contribution in [2.45, 2.75) is 19.4 Å². The van der Waals surface area contributed by atoms with Crippen molar-refractivity contribution in [3.63, 3.8) is 0 Å². The second-order valence-electron chi connectivity index (χ2n) is 5.51. The first kappa shape index (κ1) is 15.3. The number of fused-ring (bicyclic) bond motifs is 1. The van der Waals surface area contributed by atoms with Gasteiger partial charge in [-0.3, -0.25) is 4.79 Å². The molecule has 0 aliphatic carbocycles. The third-order valence-corrected chi connectivity index (χ3v) is 4.25. The maximum atomic E-state index is 12.4. The molecule has 2 unspecified atom stereocenters. The normalized spacial score (nSPS) is 20.5. The second kappa shape index (κ2) is 5.88. The van der Waals surface area contributed by atoms with Crippen molar-refractivity contribution in [3.8, 4) is 0 Å². The summed E-state index contributed by atoms with van der Waals surface area (Å²) in [5.74, 6) is -1.46. The van der Waals surface area contributed by atoms with E-state index in [-0.39, 0.29) is 12.6 Å². The van der Waals surface area contributed by atoms with Gasteiger partial charge in [0.2, 0.25) is 0 Å². The maximum Gasteiger partial charge on any atom is 0.339 e. The van der Waals surface area contributed by atoms with Gasteiger partial charge in [-0.15, -0.1) is 0 Å². The van der Waals surface area contributed by atoms with E-state index in [2.05, 4.69) is 0 Å². The van der Waals surface area contributed by atoms with Gasteiger partial charge < -0.3 is 9.47 Å². The van der Waals surface area contributed by atoms with Crippen LogP contribution in [0.5, 0.6) is 0 Å². The van der Waals surface area contributed by atoms with Crippen LogP contribution in [0.4, 0.5) is 0 Å². The van der Waals surface area contributed by atoms with Crippen molar-refractivity contribution >= 4 is 11.9 Å². The van der Waals surface area contributed by atoms with Crippen LogP contribution in [-0.4, -0.2) is 18.5 Å². The number of carbonyl (C=O) groups is 2. The maximum absolute atomic E-state index is 12.4. The molecule has 4 heteroatoms. The average molecular weight is 310 g/mol. The minimum atomic E-state index is -1.15. The van der Waals surface area contributed by atoms with E-state index in [1.165, 1.54) is 0 Å².